The van der Waals surface area contributed by atoms with Crippen molar-refractivity contribution in [2.24, 2.45) is 7.05 Å². The van der Waals surface area contributed by atoms with Crippen LogP contribution in [0.1, 0.15) is 53.6 Å². The van der Waals surface area contributed by atoms with E-state index in [4.69, 9.17) is 14.5 Å². The number of piperazine rings is 1. The number of carbonyl (C=O) groups is 2. The lowest BCUT2D eigenvalue weighted by Crippen LogP contribution is -2.52. The van der Waals surface area contributed by atoms with Gasteiger partial charge in [0.1, 0.15) is 23.0 Å². The molecule has 0 bridgehead atoms. The lowest BCUT2D eigenvalue weighted by Gasteiger charge is -2.40. The highest BCUT2D eigenvalue weighted by atomic mass is 16.5. The molecule has 1 aliphatic heterocycles. The van der Waals surface area contributed by atoms with E-state index < -0.39 is 0 Å². The summed E-state index contributed by atoms with van der Waals surface area (Å²) in [6, 6.07) is 13.8. The number of likely N-dealkylation sites (N-methyl/N-ethyl adjacent to an activating group) is 1. The number of ether oxygens (including phenoxy) is 2. The van der Waals surface area contributed by atoms with Gasteiger partial charge in [-0.3, -0.25) is 23.9 Å². The lowest BCUT2D eigenvalue weighted by molar-refractivity contribution is -0.135. The van der Waals surface area contributed by atoms with Crippen LogP contribution in [0.5, 0.6) is 11.5 Å². The summed E-state index contributed by atoms with van der Waals surface area (Å²) in [4.78, 5) is 39.9. The van der Waals surface area contributed by atoms with E-state index in [2.05, 4.69) is 19.6 Å². The summed E-state index contributed by atoms with van der Waals surface area (Å²) in [5.41, 5.74) is 5.58. The highest BCUT2D eigenvalue weighted by Gasteiger charge is 2.33. The van der Waals surface area contributed by atoms with Gasteiger partial charge in [-0.05, 0) is 62.9 Å². The molecule has 11 nitrogen and oxygen atoms in total. The molecule has 4 heterocycles. The molecule has 2 aromatic carbocycles. The first-order valence-corrected chi connectivity index (χ1v) is 16.2. The van der Waals surface area contributed by atoms with Gasteiger partial charge in [0, 0.05) is 62.5 Å². The molecular weight excluding hydrogens is 594 g/mol. The molecule has 5 aromatic rings. The predicted octanol–water partition coefficient (Wildman–Crippen LogP) is 5.27. The van der Waals surface area contributed by atoms with E-state index in [-0.39, 0.29) is 11.8 Å². The molecule has 1 N–H and O–H groups in total. The van der Waals surface area contributed by atoms with Crippen molar-refractivity contribution in [3.05, 3.63) is 72.1 Å². The van der Waals surface area contributed by atoms with Gasteiger partial charge in [0.05, 0.1) is 48.9 Å². The molecule has 47 heavy (non-hydrogen) atoms. The van der Waals surface area contributed by atoms with Crippen molar-refractivity contribution >= 4 is 33.9 Å². The number of anilines is 1. The number of imidazole rings is 1. The summed E-state index contributed by atoms with van der Waals surface area (Å²) in [7, 11) is 6.99. The van der Waals surface area contributed by atoms with Crippen molar-refractivity contribution in [3.8, 4) is 22.8 Å². The third-order valence-corrected chi connectivity index (χ3v) is 10.1. The number of nitrogens with one attached hydrogen (secondary N) is 1. The molecule has 2 fully saturated rings. The van der Waals surface area contributed by atoms with Crippen molar-refractivity contribution < 1.29 is 19.1 Å². The first-order valence-electron chi connectivity index (χ1n) is 16.2. The summed E-state index contributed by atoms with van der Waals surface area (Å²) in [6.07, 6.45) is 7.95. The Hall–Kier alpha value is -4.90. The van der Waals surface area contributed by atoms with Gasteiger partial charge >= 0.3 is 0 Å². The number of carbonyl (C=O) groups excluding carboxylic acids is 2. The van der Waals surface area contributed by atoms with E-state index >= 15 is 0 Å². The lowest BCUT2D eigenvalue weighted by atomic mass is 9.84. The zero-order chi connectivity index (χ0) is 32.8. The van der Waals surface area contributed by atoms with E-state index in [1.165, 1.54) is 0 Å². The van der Waals surface area contributed by atoms with Gasteiger partial charge in [-0.2, -0.15) is 0 Å². The van der Waals surface area contributed by atoms with Crippen LogP contribution in [0.25, 0.3) is 27.7 Å². The number of hydrogen-bond donors (Lipinski definition) is 1. The van der Waals surface area contributed by atoms with Crippen LogP contribution in [0.2, 0.25) is 0 Å². The Balaban J connectivity index is 1.15. The molecule has 2 amide bonds. The van der Waals surface area contributed by atoms with Gasteiger partial charge in [0.15, 0.2) is 0 Å². The third-order valence-electron chi connectivity index (χ3n) is 10.1. The van der Waals surface area contributed by atoms with Crippen molar-refractivity contribution in [2.45, 2.75) is 44.6 Å². The zero-order valence-electron chi connectivity index (χ0n) is 27.6. The van der Waals surface area contributed by atoms with E-state index in [0.29, 0.717) is 35.6 Å². The number of nitrogens with zero attached hydrogens (tertiary/aromatic N) is 6. The van der Waals surface area contributed by atoms with Crippen LogP contribution in [-0.4, -0.2) is 87.5 Å². The minimum atomic E-state index is -0.247. The van der Waals surface area contributed by atoms with E-state index in [1.54, 1.807) is 14.2 Å². The maximum absolute atomic E-state index is 13.5. The highest BCUT2D eigenvalue weighted by molar-refractivity contribution is 6.08. The largest absolute Gasteiger partial charge is 0.496 e. The zero-order valence-corrected chi connectivity index (χ0v) is 27.6. The highest BCUT2D eigenvalue weighted by Crippen LogP contribution is 2.39. The number of hydrogen-bond acceptors (Lipinski definition) is 7. The Bertz CT molecular complexity index is 1990. The molecule has 1 saturated heterocycles. The Morgan fingerprint density at radius 3 is 2.51 bits per heavy atom. The Kier molecular flexibility index (Phi) is 8.09. The predicted molar refractivity (Wildman–Crippen MR) is 181 cm³/mol. The minimum Gasteiger partial charge on any atom is -0.496 e. The van der Waals surface area contributed by atoms with Gasteiger partial charge in [-0.15, -0.1) is 0 Å². The molecule has 244 valence electrons. The molecule has 0 unspecified atom stereocenters. The number of aromatic nitrogens is 4. The van der Waals surface area contributed by atoms with Crippen molar-refractivity contribution in [3.63, 3.8) is 0 Å². The molecule has 0 radical (unpaired) electrons. The molecule has 1 saturated carbocycles. The summed E-state index contributed by atoms with van der Waals surface area (Å²) in [5.74, 6) is 2.56. The fourth-order valence-corrected chi connectivity index (χ4v) is 7.35. The molecule has 0 atom stereocenters. The van der Waals surface area contributed by atoms with Gasteiger partial charge in [0.25, 0.3) is 5.91 Å². The average molecular weight is 636 g/mol. The van der Waals surface area contributed by atoms with E-state index in [9.17, 15) is 9.59 Å². The Labute approximate surface area is 274 Å². The Morgan fingerprint density at radius 2 is 1.77 bits per heavy atom. The van der Waals surface area contributed by atoms with Crippen LogP contribution in [-0.2, 0) is 11.8 Å². The molecule has 2 aliphatic rings. The number of aryl methyl sites for hydroxylation is 2. The van der Waals surface area contributed by atoms with Crippen molar-refractivity contribution in [1.82, 2.24) is 28.7 Å². The molecule has 3 aromatic heterocycles. The van der Waals surface area contributed by atoms with E-state index in [1.807, 2.05) is 85.3 Å². The second-order valence-electron chi connectivity index (χ2n) is 12.7. The average Bonchev–Trinajstić information content (AvgIpc) is 3.65. The quantitative estimate of drug-likeness (QED) is 0.260. The van der Waals surface area contributed by atoms with Crippen LogP contribution in [0.4, 0.5) is 5.69 Å². The van der Waals surface area contributed by atoms with Crippen molar-refractivity contribution in [1.29, 1.82) is 0 Å². The SMILES string of the molecule is COc1cc(-c2nc([C@H]3CC[C@H](N4CCN(C)C(=O)C4)CC3)n3ccnc(C)c23)ccc1NC(=O)c1cc2c(OC)cccc2n1C. The number of benzene rings is 2. The molecule has 11 heteroatoms. The first kappa shape index (κ1) is 30.7. The normalized spacial score (nSPS) is 19.0. The van der Waals surface area contributed by atoms with Gasteiger partial charge in [-0.1, -0.05) is 12.1 Å². The van der Waals surface area contributed by atoms with Crippen LogP contribution in [0.3, 0.4) is 0 Å². The number of amides is 2. The number of rotatable bonds is 7. The Morgan fingerprint density at radius 1 is 0.979 bits per heavy atom. The molecule has 0 spiro atoms. The van der Waals surface area contributed by atoms with Crippen LogP contribution < -0.4 is 14.8 Å². The van der Waals surface area contributed by atoms with Gasteiger partial charge < -0.3 is 24.3 Å². The van der Waals surface area contributed by atoms with Crippen LogP contribution >= 0.6 is 0 Å². The summed E-state index contributed by atoms with van der Waals surface area (Å²) in [5, 5.41) is 3.92. The summed E-state index contributed by atoms with van der Waals surface area (Å²) < 4.78 is 15.4. The number of fused-ring (bicyclic) bond motifs is 2. The monoisotopic (exact) mass is 635 g/mol. The minimum absolute atomic E-state index is 0.209. The third kappa shape index (κ3) is 5.48. The number of methoxy groups -OCH3 is 2. The first-order chi connectivity index (χ1) is 22.8. The second kappa shape index (κ2) is 12.4. The van der Waals surface area contributed by atoms with Crippen molar-refractivity contribution in [2.75, 3.05) is 46.2 Å². The fraction of sp³-hybridized carbons (Fsp3) is 0.389. The molecular formula is C36H41N7O4. The van der Waals surface area contributed by atoms with Crippen LogP contribution in [0, 0.1) is 6.92 Å². The topological polar surface area (TPSA) is 106 Å². The maximum atomic E-state index is 13.5. The molecule has 1 aliphatic carbocycles. The van der Waals surface area contributed by atoms with Crippen LogP contribution in [0.15, 0.2) is 54.9 Å². The maximum Gasteiger partial charge on any atom is 0.272 e. The van der Waals surface area contributed by atoms with Gasteiger partial charge in [0.2, 0.25) is 5.91 Å². The van der Waals surface area contributed by atoms with Gasteiger partial charge in [-0.25, -0.2) is 4.98 Å². The summed E-state index contributed by atoms with van der Waals surface area (Å²) in [6.45, 7) is 4.26. The molecule has 7 rings (SSSR count). The smallest absolute Gasteiger partial charge is 0.272 e. The summed E-state index contributed by atoms with van der Waals surface area (Å²) >= 11 is 0. The van der Waals surface area contributed by atoms with E-state index in [0.717, 1.165) is 83.7 Å². The standard InChI is InChI=1S/C36H41N7O4/c1-22-34-33(39-35(43(34)16-15-37-22)23-9-12-25(13-10-23)42-18-17-40(2)32(44)21-42)24-11-14-27(31(19-24)47-5)38-36(45)29-20-26-28(41(29)3)7-6-8-30(26)46-4/h6-8,11,14-16,19-20,23,25H,9-10,12-13,17-18,21H2,1-5H3,(H,38,45)/t23-,25-. The second-order valence-corrected chi connectivity index (χ2v) is 12.7. The fourth-order valence-electron chi connectivity index (χ4n) is 7.35.